The number of hydrogen-bond donors (Lipinski definition) is 0. The Morgan fingerprint density at radius 3 is 2.29 bits per heavy atom. The van der Waals surface area contributed by atoms with E-state index in [1.807, 2.05) is 26.0 Å². The Kier molecular flexibility index (Phi) is 5.29. The van der Waals surface area contributed by atoms with Gasteiger partial charge in [-0.3, -0.25) is 9.80 Å². The molecule has 0 saturated carbocycles. The van der Waals surface area contributed by atoms with Gasteiger partial charge in [0.15, 0.2) is 0 Å². The highest BCUT2D eigenvalue weighted by atomic mass is 16.4. The molecule has 0 unspecified atom stereocenters. The number of nitriles is 1. The summed E-state index contributed by atoms with van der Waals surface area (Å²) in [6.45, 7) is 9.92. The fraction of sp³-hybridized carbons (Fsp3) is 0.474. The summed E-state index contributed by atoms with van der Waals surface area (Å²) in [5.41, 5.74) is 2.97. The van der Waals surface area contributed by atoms with Crippen molar-refractivity contribution in [3.63, 3.8) is 0 Å². The Morgan fingerprint density at radius 1 is 1.04 bits per heavy atom. The van der Waals surface area contributed by atoms with Gasteiger partial charge in [0.05, 0.1) is 23.9 Å². The summed E-state index contributed by atoms with van der Waals surface area (Å²) >= 11 is 0. The van der Waals surface area contributed by atoms with Gasteiger partial charge in [-0.05, 0) is 51.1 Å². The van der Waals surface area contributed by atoms with Gasteiger partial charge in [-0.1, -0.05) is 12.1 Å². The third-order valence-corrected chi connectivity index (χ3v) is 4.60. The van der Waals surface area contributed by atoms with Gasteiger partial charge in [0.2, 0.25) is 5.89 Å². The van der Waals surface area contributed by atoms with Crippen LogP contribution in [0.4, 0.5) is 0 Å². The molecule has 1 aliphatic heterocycles. The maximum atomic E-state index is 8.88. The quantitative estimate of drug-likeness (QED) is 0.865. The van der Waals surface area contributed by atoms with E-state index in [0.29, 0.717) is 0 Å². The van der Waals surface area contributed by atoms with Crippen molar-refractivity contribution < 1.29 is 4.42 Å². The summed E-state index contributed by atoms with van der Waals surface area (Å²) in [4.78, 5) is 9.39. The predicted octanol–water partition coefficient (Wildman–Crippen LogP) is 2.87. The van der Waals surface area contributed by atoms with Gasteiger partial charge in [0.1, 0.15) is 5.76 Å². The van der Waals surface area contributed by atoms with Gasteiger partial charge >= 0.3 is 0 Å². The first-order chi connectivity index (χ1) is 11.6. The average Bonchev–Trinajstić information content (AvgIpc) is 2.76. The van der Waals surface area contributed by atoms with E-state index in [2.05, 4.69) is 33.0 Å². The minimum Gasteiger partial charge on any atom is -0.444 e. The fourth-order valence-corrected chi connectivity index (χ4v) is 3.08. The normalized spacial score (nSPS) is 16.7. The van der Waals surface area contributed by atoms with Gasteiger partial charge < -0.3 is 4.42 Å². The highest BCUT2D eigenvalue weighted by Crippen LogP contribution is 2.14. The summed E-state index contributed by atoms with van der Waals surface area (Å²) in [5.74, 6) is 1.74. The van der Waals surface area contributed by atoms with Crippen LogP contribution in [0, 0.1) is 25.2 Å². The molecular formula is C19H24N4O. The molecule has 0 amide bonds. The first-order valence-corrected chi connectivity index (χ1v) is 8.50. The lowest BCUT2D eigenvalue weighted by atomic mass is 10.1. The van der Waals surface area contributed by atoms with Crippen LogP contribution in [0.1, 0.15) is 34.9 Å². The topological polar surface area (TPSA) is 56.3 Å². The summed E-state index contributed by atoms with van der Waals surface area (Å²) < 4.78 is 5.71. The number of hydrogen-bond acceptors (Lipinski definition) is 5. The van der Waals surface area contributed by atoms with Crippen LogP contribution in [0.15, 0.2) is 28.7 Å². The Bertz CT molecular complexity index is 694. The van der Waals surface area contributed by atoms with Crippen molar-refractivity contribution in [3.8, 4) is 6.07 Å². The Labute approximate surface area is 143 Å². The standard InChI is InChI=1S/C19H24N4O/c1-15-16(2)24-19(21-15)14-23-9-3-8-22(10-11-23)13-18-6-4-17(12-20)5-7-18/h4-7H,3,8-11,13-14H2,1-2H3. The van der Waals surface area contributed by atoms with Gasteiger partial charge in [-0.15, -0.1) is 0 Å². The van der Waals surface area contributed by atoms with E-state index in [1.165, 1.54) is 5.56 Å². The zero-order valence-corrected chi connectivity index (χ0v) is 14.5. The van der Waals surface area contributed by atoms with Crippen molar-refractivity contribution in [2.24, 2.45) is 0 Å². The molecule has 0 aliphatic carbocycles. The first-order valence-electron chi connectivity index (χ1n) is 8.50. The van der Waals surface area contributed by atoms with E-state index in [9.17, 15) is 0 Å². The monoisotopic (exact) mass is 324 g/mol. The second-order valence-electron chi connectivity index (χ2n) is 6.46. The molecule has 5 nitrogen and oxygen atoms in total. The molecule has 24 heavy (non-hydrogen) atoms. The van der Waals surface area contributed by atoms with E-state index in [-0.39, 0.29) is 0 Å². The minimum absolute atomic E-state index is 0.720. The average molecular weight is 324 g/mol. The van der Waals surface area contributed by atoms with Crippen LogP contribution >= 0.6 is 0 Å². The van der Waals surface area contributed by atoms with Crippen molar-refractivity contribution in [3.05, 3.63) is 52.7 Å². The van der Waals surface area contributed by atoms with E-state index in [0.717, 1.165) is 68.6 Å². The fourth-order valence-electron chi connectivity index (χ4n) is 3.08. The van der Waals surface area contributed by atoms with Crippen LogP contribution < -0.4 is 0 Å². The molecule has 1 saturated heterocycles. The number of nitrogens with zero attached hydrogens (tertiary/aromatic N) is 4. The Balaban J connectivity index is 1.53. The maximum absolute atomic E-state index is 8.88. The largest absolute Gasteiger partial charge is 0.444 e. The van der Waals surface area contributed by atoms with E-state index >= 15 is 0 Å². The second kappa shape index (κ2) is 7.61. The minimum atomic E-state index is 0.720. The van der Waals surface area contributed by atoms with Crippen molar-refractivity contribution in [1.29, 1.82) is 5.26 Å². The molecule has 1 aromatic heterocycles. The van der Waals surface area contributed by atoms with Crippen LogP contribution in [0.5, 0.6) is 0 Å². The smallest absolute Gasteiger partial charge is 0.208 e. The highest BCUT2D eigenvalue weighted by Gasteiger charge is 2.17. The molecule has 3 rings (SSSR count). The summed E-state index contributed by atoms with van der Waals surface area (Å²) in [7, 11) is 0. The Hall–Kier alpha value is -2.16. The molecule has 0 atom stereocenters. The molecule has 2 heterocycles. The summed E-state index contributed by atoms with van der Waals surface area (Å²) in [6.07, 6.45) is 1.15. The lowest BCUT2D eigenvalue weighted by Crippen LogP contribution is -2.30. The van der Waals surface area contributed by atoms with Crippen molar-refractivity contribution in [2.75, 3.05) is 26.2 Å². The van der Waals surface area contributed by atoms with E-state index < -0.39 is 0 Å². The molecule has 126 valence electrons. The molecule has 0 radical (unpaired) electrons. The van der Waals surface area contributed by atoms with Crippen molar-refractivity contribution in [1.82, 2.24) is 14.8 Å². The lowest BCUT2D eigenvalue weighted by Gasteiger charge is -2.21. The van der Waals surface area contributed by atoms with Gasteiger partial charge in [0, 0.05) is 19.6 Å². The van der Waals surface area contributed by atoms with Gasteiger partial charge in [-0.2, -0.15) is 5.26 Å². The lowest BCUT2D eigenvalue weighted by molar-refractivity contribution is 0.230. The number of benzene rings is 1. The summed E-state index contributed by atoms with van der Waals surface area (Å²) in [6, 6.07) is 10.1. The van der Waals surface area contributed by atoms with E-state index in [4.69, 9.17) is 9.68 Å². The van der Waals surface area contributed by atoms with Crippen LogP contribution in [0.3, 0.4) is 0 Å². The predicted molar refractivity (Wildman–Crippen MR) is 92.3 cm³/mol. The first kappa shape index (κ1) is 16.7. The molecule has 0 bridgehead atoms. The third-order valence-electron chi connectivity index (χ3n) is 4.60. The van der Waals surface area contributed by atoms with Gasteiger partial charge in [-0.25, -0.2) is 4.98 Å². The maximum Gasteiger partial charge on any atom is 0.208 e. The zero-order chi connectivity index (χ0) is 16.9. The van der Waals surface area contributed by atoms with Crippen LogP contribution in [-0.2, 0) is 13.1 Å². The van der Waals surface area contributed by atoms with Crippen LogP contribution in [-0.4, -0.2) is 41.0 Å². The SMILES string of the molecule is Cc1nc(CN2CCCN(Cc3ccc(C#N)cc3)CC2)oc1C. The molecule has 0 spiro atoms. The number of aryl methyl sites for hydroxylation is 2. The highest BCUT2D eigenvalue weighted by molar-refractivity contribution is 5.31. The van der Waals surface area contributed by atoms with Gasteiger partial charge in [0.25, 0.3) is 0 Å². The van der Waals surface area contributed by atoms with E-state index in [1.54, 1.807) is 0 Å². The summed E-state index contributed by atoms with van der Waals surface area (Å²) in [5, 5.41) is 8.88. The second-order valence-corrected chi connectivity index (χ2v) is 6.46. The van der Waals surface area contributed by atoms with Crippen LogP contribution in [0.2, 0.25) is 0 Å². The van der Waals surface area contributed by atoms with Crippen molar-refractivity contribution in [2.45, 2.75) is 33.4 Å². The molecule has 1 fully saturated rings. The molecule has 0 N–H and O–H groups in total. The molecule has 2 aromatic rings. The van der Waals surface area contributed by atoms with Crippen LogP contribution in [0.25, 0.3) is 0 Å². The molecular weight excluding hydrogens is 300 g/mol. The third kappa shape index (κ3) is 4.22. The number of aromatic nitrogens is 1. The molecule has 1 aromatic carbocycles. The zero-order valence-electron chi connectivity index (χ0n) is 14.5. The van der Waals surface area contributed by atoms with Crippen molar-refractivity contribution >= 4 is 0 Å². The number of oxazole rings is 1. The Morgan fingerprint density at radius 2 is 1.71 bits per heavy atom. The number of rotatable bonds is 4. The molecule has 1 aliphatic rings. The molecule has 5 heteroatoms.